The summed E-state index contributed by atoms with van der Waals surface area (Å²) in [6.07, 6.45) is 0. The van der Waals surface area contributed by atoms with E-state index in [9.17, 15) is 0 Å². The van der Waals surface area contributed by atoms with Crippen LogP contribution in [0.1, 0.15) is 5.56 Å². The summed E-state index contributed by atoms with van der Waals surface area (Å²) in [4.78, 5) is 2.17. The summed E-state index contributed by atoms with van der Waals surface area (Å²) in [5.74, 6) is 0. The van der Waals surface area contributed by atoms with Crippen molar-refractivity contribution in [3.05, 3.63) is 60.2 Å². The molecule has 1 heteroatoms. The Labute approximate surface area is 91.0 Å². The molecule has 2 rings (SSSR count). The van der Waals surface area contributed by atoms with Gasteiger partial charge in [-0.25, -0.2) is 0 Å². The number of anilines is 2. The fourth-order valence-corrected chi connectivity index (χ4v) is 1.67. The van der Waals surface area contributed by atoms with E-state index < -0.39 is 0 Å². The van der Waals surface area contributed by atoms with Crippen LogP contribution in [0.15, 0.2) is 48.5 Å². The lowest BCUT2D eigenvalue weighted by molar-refractivity contribution is 1.18. The van der Waals surface area contributed by atoms with Crippen LogP contribution in [0.25, 0.3) is 0 Å². The summed E-state index contributed by atoms with van der Waals surface area (Å²) in [5, 5.41) is 0. The highest BCUT2D eigenvalue weighted by Gasteiger charge is 2.04. The molecule has 0 aliphatic rings. The zero-order valence-electron chi connectivity index (χ0n) is 9.07. The van der Waals surface area contributed by atoms with E-state index in [4.69, 9.17) is 0 Å². The van der Waals surface area contributed by atoms with Gasteiger partial charge < -0.3 is 4.90 Å². The summed E-state index contributed by atoms with van der Waals surface area (Å²) < 4.78 is 0. The van der Waals surface area contributed by atoms with E-state index in [2.05, 4.69) is 55.3 Å². The lowest BCUT2D eigenvalue weighted by Crippen LogP contribution is -2.10. The molecule has 75 valence electrons. The quantitative estimate of drug-likeness (QED) is 0.709. The number of hydrogen-bond donors (Lipinski definition) is 0. The third kappa shape index (κ3) is 2.01. The minimum atomic E-state index is 1.16. The zero-order valence-corrected chi connectivity index (χ0v) is 9.07. The molecule has 0 amide bonds. The molecule has 0 saturated heterocycles. The van der Waals surface area contributed by atoms with Crippen molar-refractivity contribution in [3.8, 4) is 0 Å². The molecule has 15 heavy (non-hydrogen) atoms. The average Bonchev–Trinajstić information content (AvgIpc) is 2.30. The molecule has 0 atom stereocenters. The molecule has 2 aromatic carbocycles. The maximum absolute atomic E-state index is 3.09. The third-order valence-corrected chi connectivity index (χ3v) is 2.55. The second kappa shape index (κ2) is 4.18. The van der Waals surface area contributed by atoms with E-state index in [0.717, 1.165) is 5.69 Å². The SMILES string of the molecule is Cc1ccccc1N(C)c1c[c]ccc1. The molecule has 1 radical (unpaired) electrons. The molecule has 0 saturated carbocycles. The van der Waals surface area contributed by atoms with Crippen LogP contribution < -0.4 is 4.90 Å². The van der Waals surface area contributed by atoms with E-state index in [1.807, 2.05) is 18.2 Å². The minimum Gasteiger partial charge on any atom is -0.344 e. The highest BCUT2D eigenvalue weighted by Crippen LogP contribution is 2.25. The lowest BCUT2D eigenvalue weighted by atomic mass is 10.1. The van der Waals surface area contributed by atoms with Gasteiger partial charge in [-0.3, -0.25) is 0 Å². The van der Waals surface area contributed by atoms with Crippen molar-refractivity contribution in [2.24, 2.45) is 0 Å². The van der Waals surface area contributed by atoms with Crippen LogP contribution in [0.2, 0.25) is 0 Å². The van der Waals surface area contributed by atoms with E-state index in [1.165, 1.54) is 11.3 Å². The summed E-state index contributed by atoms with van der Waals surface area (Å²) in [6.45, 7) is 2.12. The maximum Gasteiger partial charge on any atom is 0.0437 e. The Morgan fingerprint density at radius 2 is 1.87 bits per heavy atom. The first-order valence-electron chi connectivity index (χ1n) is 5.04. The minimum absolute atomic E-state index is 1.16. The number of para-hydroxylation sites is 1. The van der Waals surface area contributed by atoms with Crippen molar-refractivity contribution < 1.29 is 0 Å². The number of nitrogens with zero attached hydrogens (tertiary/aromatic N) is 1. The van der Waals surface area contributed by atoms with Crippen LogP contribution in [0.3, 0.4) is 0 Å². The van der Waals surface area contributed by atoms with Gasteiger partial charge in [0.05, 0.1) is 0 Å². The van der Waals surface area contributed by atoms with Crippen LogP contribution in [-0.4, -0.2) is 7.05 Å². The van der Waals surface area contributed by atoms with Gasteiger partial charge in [0.1, 0.15) is 0 Å². The number of benzene rings is 2. The fraction of sp³-hybridized carbons (Fsp3) is 0.143. The number of hydrogen-bond acceptors (Lipinski definition) is 1. The van der Waals surface area contributed by atoms with Gasteiger partial charge in [0.25, 0.3) is 0 Å². The van der Waals surface area contributed by atoms with E-state index in [-0.39, 0.29) is 0 Å². The second-order valence-electron chi connectivity index (χ2n) is 3.61. The Balaban J connectivity index is 2.37. The Kier molecular flexibility index (Phi) is 2.72. The second-order valence-corrected chi connectivity index (χ2v) is 3.61. The Morgan fingerprint density at radius 1 is 1.07 bits per heavy atom. The van der Waals surface area contributed by atoms with E-state index >= 15 is 0 Å². The van der Waals surface area contributed by atoms with Gasteiger partial charge in [-0.05, 0) is 36.8 Å². The smallest absolute Gasteiger partial charge is 0.0437 e. The van der Waals surface area contributed by atoms with Gasteiger partial charge in [0, 0.05) is 18.4 Å². The Hall–Kier alpha value is -1.76. The normalized spacial score (nSPS) is 10.0. The predicted molar refractivity (Wildman–Crippen MR) is 64.5 cm³/mol. The average molecular weight is 196 g/mol. The summed E-state index contributed by atoms with van der Waals surface area (Å²) in [6, 6.07) is 19.5. The predicted octanol–water partition coefficient (Wildman–Crippen LogP) is 3.56. The zero-order chi connectivity index (χ0) is 10.7. The summed E-state index contributed by atoms with van der Waals surface area (Å²) in [5.41, 5.74) is 3.67. The van der Waals surface area contributed by atoms with E-state index in [1.54, 1.807) is 0 Å². The molecule has 1 nitrogen and oxygen atoms in total. The molecule has 0 aliphatic carbocycles. The van der Waals surface area contributed by atoms with Crippen molar-refractivity contribution >= 4 is 11.4 Å². The number of aryl methyl sites for hydroxylation is 1. The molecule has 0 bridgehead atoms. The lowest BCUT2D eigenvalue weighted by Gasteiger charge is -2.21. The Bertz CT molecular complexity index is 434. The van der Waals surface area contributed by atoms with Crippen LogP contribution in [0.5, 0.6) is 0 Å². The molecule has 0 N–H and O–H groups in total. The molecule has 0 aliphatic heterocycles. The summed E-state index contributed by atoms with van der Waals surface area (Å²) in [7, 11) is 2.07. The van der Waals surface area contributed by atoms with Crippen LogP contribution in [0, 0.1) is 13.0 Å². The maximum atomic E-state index is 3.09. The highest BCUT2D eigenvalue weighted by atomic mass is 15.1. The number of rotatable bonds is 2. The first-order valence-corrected chi connectivity index (χ1v) is 5.04. The first-order chi connectivity index (χ1) is 7.29. The van der Waals surface area contributed by atoms with E-state index in [0.29, 0.717) is 0 Å². The topological polar surface area (TPSA) is 3.24 Å². The van der Waals surface area contributed by atoms with Gasteiger partial charge in [-0.1, -0.05) is 30.3 Å². The van der Waals surface area contributed by atoms with Crippen LogP contribution in [-0.2, 0) is 0 Å². The van der Waals surface area contributed by atoms with Crippen molar-refractivity contribution in [1.29, 1.82) is 0 Å². The van der Waals surface area contributed by atoms with Crippen LogP contribution >= 0.6 is 0 Å². The molecule has 0 aromatic heterocycles. The standard InChI is InChI=1S/C14H14N/c1-12-8-6-7-11-14(12)15(2)13-9-4-3-5-10-13/h3-4,6-11H,1-2H3. The van der Waals surface area contributed by atoms with Crippen molar-refractivity contribution in [3.63, 3.8) is 0 Å². The fourth-order valence-electron chi connectivity index (χ4n) is 1.67. The van der Waals surface area contributed by atoms with Gasteiger partial charge in [-0.2, -0.15) is 0 Å². The molecular weight excluding hydrogens is 182 g/mol. The largest absolute Gasteiger partial charge is 0.344 e. The van der Waals surface area contributed by atoms with Crippen molar-refractivity contribution in [1.82, 2.24) is 0 Å². The van der Waals surface area contributed by atoms with Gasteiger partial charge in [0.15, 0.2) is 0 Å². The van der Waals surface area contributed by atoms with Gasteiger partial charge >= 0.3 is 0 Å². The monoisotopic (exact) mass is 196 g/mol. The van der Waals surface area contributed by atoms with Crippen molar-refractivity contribution in [2.45, 2.75) is 6.92 Å². The first kappa shape index (κ1) is 9.78. The molecule has 0 spiro atoms. The van der Waals surface area contributed by atoms with Gasteiger partial charge in [-0.15, -0.1) is 0 Å². The molecule has 0 heterocycles. The molecule has 0 fully saturated rings. The highest BCUT2D eigenvalue weighted by molar-refractivity contribution is 5.65. The molecular formula is C14H14N. The van der Waals surface area contributed by atoms with Crippen LogP contribution in [0.4, 0.5) is 11.4 Å². The van der Waals surface area contributed by atoms with Gasteiger partial charge in [0.2, 0.25) is 0 Å². The van der Waals surface area contributed by atoms with Crippen molar-refractivity contribution in [2.75, 3.05) is 11.9 Å². The summed E-state index contributed by atoms with van der Waals surface area (Å²) >= 11 is 0. The molecule has 0 unspecified atom stereocenters. The molecule has 2 aromatic rings. The third-order valence-electron chi connectivity index (χ3n) is 2.55. The Morgan fingerprint density at radius 3 is 2.53 bits per heavy atom.